The number of nitrogens with one attached hydrogen (secondary N) is 2. The van der Waals surface area contributed by atoms with Gasteiger partial charge in [-0.2, -0.15) is 5.10 Å². The first kappa shape index (κ1) is 19.3. The SMILES string of the molecule is Cc1cc(NC(=O)NC[C@@H](c2ccco2)N2CCCC2)n(Cc2ccccc2)n1. The maximum absolute atomic E-state index is 12.6. The van der Waals surface area contributed by atoms with E-state index in [2.05, 4.69) is 20.6 Å². The minimum Gasteiger partial charge on any atom is -0.468 e. The van der Waals surface area contributed by atoms with E-state index < -0.39 is 0 Å². The lowest BCUT2D eigenvalue weighted by atomic mass is 10.2. The van der Waals surface area contributed by atoms with Crippen molar-refractivity contribution in [3.05, 3.63) is 71.8 Å². The van der Waals surface area contributed by atoms with Crippen molar-refractivity contribution in [2.75, 3.05) is 25.0 Å². The summed E-state index contributed by atoms with van der Waals surface area (Å²) in [6, 6.07) is 15.6. The largest absolute Gasteiger partial charge is 0.468 e. The van der Waals surface area contributed by atoms with Crippen LogP contribution in [0, 0.1) is 6.92 Å². The van der Waals surface area contributed by atoms with E-state index in [0.29, 0.717) is 18.9 Å². The van der Waals surface area contributed by atoms with Gasteiger partial charge in [-0.3, -0.25) is 10.2 Å². The van der Waals surface area contributed by atoms with E-state index in [1.807, 2.05) is 60.1 Å². The monoisotopic (exact) mass is 393 g/mol. The fourth-order valence-corrected chi connectivity index (χ4v) is 3.82. The molecule has 1 aliphatic rings. The highest BCUT2D eigenvalue weighted by molar-refractivity contribution is 5.88. The van der Waals surface area contributed by atoms with Crippen LogP contribution in [-0.2, 0) is 6.54 Å². The third-order valence-corrected chi connectivity index (χ3v) is 5.23. The number of furan rings is 1. The van der Waals surface area contributed by atoms with Gasteiger partial charge in [0.2, 0.25) is 0 Å². The molecule has 3 heterocycles. The van der Waals surface area contributed by atoms with E-state index in [9.17, 15) is 4.79 Å². The van der Waals surface area contributed by atoms with Gasteiger partial charge in [-0.15, -0.1) is 0 Å². The van der Waals surface area contributed by atoms with Gasteiger partial charge in [0.1, 0.15) is 11.6 Å². The molecule has 1 atom stereocenters. The van der Waals surface area contributed by atoms with Crippen LogP contribution in [0.1, 0.15) is 35.9 Å². The molecule has 0 radical (unpaired) electrons. The van der Waals surface area contributed by atoms with Gasteiger partial charge in [0.05, 0.1) is 24.5 Å². The Balaban J connectivity index is 1.39. The van der Waals surface area contributed by atoms with Crippen molar-refractivity contribution in [2.45, 2.75) is 32.4 Å². The maximum Gasteiger partial charge on any atom is 0.320 e. The minimum absolute atomic E-state index is 0.0502. The summed E-state index contributed by atoms with van der Waals surface area (Å²) in [5.74, 6) is 1.57. The molecular formula is C22H27N5O2. The zero-order valence-corrected chi connectivity index (χ0v) is 16.7. The van der Waals surface area contributed by atoms with E-state index in [1.165, 1.54) is 12.8 Å². The van der Waals surface area contributed by atoms with Gasteiger partial charge < -0.3 is 9.73 Å². The molecule has 0 spiro atoms. The molecule has 152 valence electrons. The second-order valence-electron chi connectivity index (χ2n) is 7.42. The minimum atomic E-state index is -0.241. The summed E-state index contributed by atoms with van der Waals surface area (Å²) < 4.78 is 7.43. The van der Waals surface area contributed by atoms with Gasteiger partial charge in [-0.25, -0.2) is 9.48 Å². The van der Waals surface area contributed by atoms with Gasteiger partial charge in [0, 0.05) is 12.6 Å². The van der Waals surface area contributed by atoms with Gasteiger partial charge in [-0.1, -0.05) is 30.3 Å². The molecule has 4 rings (SSSR count). The third kappa shape index (κ3) is 4.86. The number of aryl methyl sites for hydroxylation is 1. The molecule has 0 saturated carbocycles. The van der Waals surface area contributed by atoms with Gasteiger partial charge in [-0.05, 0) is 50.6 Å². The van der Waals surface area contributed by atoms with Crippen LogP contribution in [0.5, 0.6) is 0 Å². The summed E-state index contributed by atoms with van der Waals surface area (Å²) in [7, 11) is 0. The zero-order chi connectivity index (χ0) is 20.1. The zero-order valence-electron chi connectivity index (χ0n) is 16.7. The predicted molar refractivity (Wildman–Crippen MR) is 112 cm³/mol. The first-order chi connectivity index (χ1) is 14.2. The fraction of sp³-hybridized carbons (Fsp3) is 0.364. The van der Waals surface area contributed by atoms with Crippen molar-refractivity contribution in [3.8, 4) is 0 Å². The first-order valence-electron chi connectivity index (χ1n) is 10.1. The fourth-order valence-electron chi connectivity index (χ4n) is 3.82. The molecule has 1 saturated heterocycles. The second-order valence-corrected chi connectivity index (χ2v) is 7.42. The molecule has 2 aromatic heterocycles. The van der Waals surface area contributed by atoms with Crippen molar-refractivity contribution >= 4 is 11.8 Å². The number of rotatable bonds is 7. The number of anilines is 1. The van der Waals surface area contributed by atoms with Gasteiger partial charge >= 0.3 is 6.03 Å². The summed E-state index contributed by atoms with van der Waals surface area (Å²) in [5.41, 5.74) is 1.99. The van der Waals surface area contributed by atoms with E-state index in [4.69, 9.17) is 4.42 Å². The number of likely N-dealkylation sites (tertiary alicyclic amines) is 1. The Bertz CT molecular complexity index is 914. The molecule has 0 unspecified atom stereocenters. The summed E-state index contributed by atoms with van der Waals surface area (Å²) in [6.45, 7) is 5.07. The summed E-state index contributed by atoms with van der Waals surface area (Å²) in [5, 5.41) is 10.5. The lowest BCUT2D eigenvalue weighted by Crippen LogP contribution is -2.38. The van der Waals surface area contributed by atoms with E-state index in [1.54, 1.807) is 6.26 Å². The lowest BCUT2D eigenvalue weighted by molar-refractivity contribution is 0.206. The summed E-state index contributed by atoms with van der Waals surface area (Å²) in [6.07, 6.45) is 4.05. The number of carbonyl (C=O) groups is 1. The smallest absolute Gasteiger partial charge is 0.320 e. The van der Waals surface area contributed by atoms with Crippen LogP contribution in [0.4, 0.5) is 10.6 Å². The van der Waals surface area contributed by atoms with Crippen LogP contribution in [0.3, 0.4) is 0 Å². The molecule has 1 aromatic carbocycles. The molecule has 1 fully saturated rings. The van der Waals surface area contributed by atoms with Crippen LogP contribution in [-0.4, -0.2) is 40.3 Å². The summed E-state index contributed by atoms with van der Waals surface area (Å²) >= 11 is 0. The standard InChI is InChI=1S/C22H27N5O2/c1-17-14-21(27(25-17)16-18-8-3-2-4-9-18)24-22(28)23-15-19(20-10-7-13-29-20)26-11-5-6-12-26/h2-4,7-10,13-14,19H,5-6,11-12,15-16H2,1H3,(H2,23,24,28)/t19-/m0/s1. The Hall–Kier alpha value is -3.06. The Morgan fingerprint density at radius 2 is 1.97 bits per heavy atom. The van der Waals surface area contributed by atoms with E-state index >= 15 is 0 Å². The van der Waals surface area contributed by atoms with Gasteiger partial charge in [0.15, 0.2) is 0 Å². The number of nitrogens with zero attached hydrogens (tertiary/aromatic N) is 3. The number of hydrogen-bond acceptors (Lipinski definition) is 4. The molecule has 1 aliphatic heterocycles. The van der Waals surface area contributed by atoms with Crippen LogP contribution in [0.2, 0.25) is 0 Å². The van der Waals surface area contributed by atoms with Crippen molar-refractivity contribution in [3.63, 3.8) is 0 Å². The number of aromatic nitrogens is 2. The van der Waals surface area contributed by atoms with E-state index in [0.717, 1.165) is 30.1 Å². The van der Waals surface area contributed by atoms with E-state index in [-0.39, 0.29) is 12.1 Å². The topological polar surface area (TPSA) is 75.3 Å². The van der Waals surface area contributed by atoms with Crippen LogP contribution in [0.25, 0.3) is 0 Å². The Kier molecular flexibility index (Phi) is 5.95. The average molecular weight is 393 g/mol. The second kappa shape index (κ2) is 8.96. The third-order valence-electron chi connectivity index (χ3n) is 5.23. The van der Waals surface area contributed by atoms with Crippen LogP contribution in [0.15, 0.2) is 59.2 Å². The number of hydrogen-bond donors (Lipinski definition) is 2. The summed E-state index contributed by atoms with van der Waals surface area (Å²) in [4.78, 5) is 15.0. The maximum atomic E-state index is 12.6. The Morgan fingerprint density at radius 1 is 1.17 bits per heavy atom. The number of urea groups is 1. The molecule has 2 amide bonds. The molecule has 2 N–H and O–H groups in total. The Labute approximate surface area is 170 Å². The molecule has 0 aliphatic carbocycles. The predicted octanol–water partition coefficient (Wildman–Crippen LogP) is 3.79. The van der Waals surface area contributed by atoms with Crippen molar-refractivity contribution in [1.29, 1.82) is 0 Å². The highest BCUT2D eigenvalue weighted by Crippen LogP contribution is 2.25. The Morgan fingerprint density at radius 3 is 2.69 bits per heavy atom. The molecule has 0 bridgehead atoms. The molecule has 29 heavy (non-hydrogen) atoms. The van der Waals surface area contributed by atoms with Crippen LogP contribution >= 0.6 is 0 Å². The number of amides is 2. The van der Waals surface area contributed by atoms with Crippen molar-refractivity contribution < 1.29 is 9.21 Å². The molecule has 7 nitrogen and oxygen atoms in total. The van der Waals surface area contributed by atoms with Crippen molar-refractivity contribution in [2.24, 2.45) is 0 Å². The normalized spacial score (nSPS) is 15.3. The quantitative estimate of drug-likeness (QED) is 0.640. The number of benzene rings is 1. The van der Waals surface area contributed by atoms with Gasteiger partial charge in [0.25, 0.3) is 0 Å². The highest BCUT2D eigenvalue weighted by atomic mass is 16.3. The van der Waals surface area contributed by atoms with Crippen LogP contribution < -0.4 is 10.6 Å². The van der Waals surface area contributed by atoms with Crippen molar-refractivity contribution in [1.82, 2.24) is 20.0 Å². The molecule has 3 aromatic rings. The number of carbonyl (C=O) groups excluding carboxylic acids is 1. The molecule has 7 heteroatoms. The molecular weight excluding hydrogens is 366 g/mol. The first-order valence-corrected chi connectivity index (χ1v) is 10.1. The average Bonchev–Trinajstić information content (AvgIpc) is 3.47. The highest BCUT2D eigenvalue weighted by Gasteiger charge is 2.26. The lowest BCUT2D eigenvalue weighted by Gasteiger charge is -2.26.